The molecule has 0 aliphatic carbocycles. The first-order chi connectivity index (χ1) is 7.81. The maximum Gasteiger partial charge on any atom is 0.348 e. The summed E-state index contributed by atoms with van der Waals surface area (Å²) >= 11 is 5.74. The van der Waals surface area contributed by atoms with Gasteiger partial charge in [0.1, 0.15) is 6.33 Å². The molecule has 17 heavy (non-hydrogen) atoms. The van der Waals surface area contributed by atoms with E-state index >= 15 is 0 Å². The Morgan fingerprint density at radius 1 is 1.53 bits per heavy atom. The van der Waals surface area contributed by atoms with Gasteiger partial charge in [-0.15, -0.1) is 0 Å². The third-order valence-corrected chi connectivity index (χ3v) is 3.31. The van der Waals surface area contributed by atoms with Gasteiger partial charge in [0.2, 0.25) is 11.0 Å². The molecular weight excluding hydrogens is 244 g/mol. The predicted molar refractivity (Wildman–Crippen MR) is 66.5 cm³/mol. The Balaban J connectivity index is 3.32. The van der Waals surface area contributed by atoms with E-state index in [1.54, 1.807) is 11.9 Å². The SMILES string of the molecule is CCC(C)(C)N(C)c1ncnc(Cl)c1[N+](=O)[O-]. The van der Waals surface area contributed by atoms with Crippen molar-refractivity contribution in [1.82, 2.24) is 9.97 Å². The third kappa shape index (κ3) is 2.63. The highest BCUT2D eigenvalue weighted by Crippen LogP contribution is 2.34. The summed E-state index contributed by atoms with van der Waals surface area (Å²) in [5.74, 6) is 0.238. The molecule has 1 heterocycles. The molecule has 0 aliphatic rings. The summed E-state index contributed by atoms with van der Waals surface area (Å²) in [5.41, 5.74) is -0.499. The van der Waals surface area contributed by atoms with E-state index in [9.17, 15) is 10.1 Å². The average molecular weight is 259 g/mol. The predicted octanol–water partition coefficient (Wildman–Crippen LogP) is 2.66. The second-order valence-electron chi connectivity index (χ2n) is 4.32. The fourth-order valence-electron chi connectivity index (χ4n) is 1.28. The zero-order chi connectivity index (χ0) is 13.2. The maximum atomic E-state index is 11.0. The van der Waals surface area contributed by atoms with Crippen LogP contribution in [0, 0.1) is 10.1 Å². The molecule has 0 aromatic carbocycles. The molecule has 0 bridgehead atoms. The Morgan fingerprint density at radius 2 is 2.12 bits per heavy atom. The van der Waals surface area contributed by atoms with Crippen LogP contribution in [-0.2, 0) is 0 Å². The Morgan fingerprint density at radius 3 is 2.59 bits per heavy atom. The molecule has 0 atom stereocenters. The first-order valence-corrected chi connectivity index (χ1v) is 5.57. The van der Waals surface area contributed by atoms with Crippen LogP contribution >= 0.6 is 11.6 Å². The van der Waals surface area contributed by atoms with Crippen molar-refractivity contribution in [3.8, 4) is 0 Å². The van der Waals surface area contributed by atoms with E-state index in [0.29, 0.717) is 0 Å². The normalized spacial score (nSPS) is 11.4. The molecule has 0 spiro atoms. The van der Waals surface area contributed by atoms with Gasteiger partial charge in [0.05, 0.1) is 4.92 Å². The number of nitro groups is 1. The van der Waals surface area contributed by atoms with Gasteiger partial charge in [0, 0.05) is 12.6 Å². The van der Waals surface area contributed by atoms with Crippen molar-refractivity contribution in [3.63, 3.8) is 0 Å². The lowest BCUT2D eigenvalue weighted by molar-refractivity contribution is -0.384. The molecule has 0 radical (unpaired) electrons. The summed E-state index contributed by atoms with van der Waals surface area (Å²) in [6.45, 7) is 5.96. The molecule has 1 aromatic heterocycles. The van der Waals surface area contributed by atoms with Crippen LogP contribution < -0.4 is 4.90 Å². The number of nitrogens with zero attached hydrogens (tertiary/aromatic N) is 4. The first kappa shape index (κ1) is 13.6. The number of aromatic nitrogens is 2. The molecule has 7 heteroatoms. The van der Waals surface area contributed by atoms with Gasteiger partial charge in [-0.05, 0) is 20.3 Å². The quantitative estimate of drug-likeness (QED) is 0.472. The van der Waals surface area contributed by atoms with Gasteiger partial charge in [-0.3, -0.25) is 10.1 Å². The van der Waals surface area contributed by atoms with E-state index in [0.717, 1.165) is 6.42 Å². The molecule has 0 amide bonds. The van der Waals surface area contributed by atoms with Gasteiger partial charge in [-0.1, -0.05) is 18.5 Å². The second-order valence-corrected chi connectivity index (χ2v) is 4.68. The first-order valence-electron chi connectivity index (χ1n) is 5.20. The Hall–Kier alpha value is -1.43. The summed E-state index contributed by atoms with van der Waals surface area (Å²) in [5, 5.41) is 10.8. The van der Waals surface area contributed by atoms with Gasteiger partial charge in [-0.2, -0.15) is 0 Å². The van der Waals surface area contributed by atoms with Crippen LogP contribution in [0.25, 0.3) is 0 Å². The van der Waals surface area contributed by atoms with E-state index in [1.165, 1.54) is 6.33 Å². The van der Waals surface area contributed by atoms with Crippen molar-refractivity contribution < 1.29 is 4.92 Å². The van der Waals surface area contributed by atoms with Gasteiger partial charge in [0.15, 0.2) is 0 Å². The minimum absolute atomic E-state index is 0.140. The largest absolute Gasteiger partial charge is 0.349 e. The van der Waals surface area contributed by atoms with Gasteiger partial charge < -0.3 is 4.90 Å². The van der Waals surface area contributed by atoms with Crippen molar-refractivity contribution in [2.75, 3.05) is 11.9 Å². The Kier molecular flexibility index (Phi) is 3.87. The molecule has 0 saturated carbocycles. The third-order valence-electron chi connectivity index (χ3n) is 3.03. The van der Waals surface area contributed by atoms with Crippen molar-refractivity contribution in [2.24, 2.45) is 0 Å². The van der Waals surface area contributed by atoms with E-state index < -0.39 is 4.92 Å². The molecule has 1 aromatic rings. The Labute approximate surface area is 105 Å². The molecule has 94 valence electrons. The standard InChI is InChI=1S/C10H15ClN4O2/c1-5-10(2,3)14(4)9-7(15(16)17)8(11)12-6-13-9/h6H,5H2,1-4H3. The lowest BCUT2D eigenvalue weighted by atomic mass is 10.00. The van der Waals surface area contributed by atoms with E-state index in [2.05, 4.69) is 9.97 Å². The monoisotopic (exact) mass is 258 g/mol. The summed E-state index contributed by atoms with van der Waals surface area (Å²) < 4.78 is 0. The maximum absolute atomic E-state index is 11.0. The topological polar surface area (TPSA) is 72.2 Å². The second kappa shape index (κ2) is 4.83. The molecule has 0 unspecified atom stereocenters. The van der Waals surface area contributed by atoms with E-state index in [1.807, 2.05) is 20.8 Å². The number of anilines is 1. The van der Waals surface area contributed by atoms with Crippen LogP contribution in [0.15, 0.2) is 6.33 Å². The number of hydrogen-bond donors (Lipinski definition) is 0. The van der Waals surface area contributed by atoms with Crippen LogP contribution in [0.3, 0.4) is 0 Å². The van der Waals surface area contributed by atoms with Crippen LogP contribution in [0.2, 0.25) is 5.15 Å². The molecule has 0 aliphatic heterocycles. The van der Waals surface area contributed by atoms with Crippen molar-refractivity contribution in [1.29, 1.82) is 0 Å². The van der Waals surface area contributed by atoms with Crippen molar-refractivity contribution in [2.45, 2.75) is 32.7 Å². The van der Waals surface area contributed by atoms with Gasteiger partial charge >= 0.3 is 5.69 Å². The number of rotatable bonds is 4. The average Bonchev–Trinajstić information content (AvgIpc) is 2.27. The number of hydrogen-bond acceptors (Lipinski definition) is 5. The highest BCUT2D eigenvalue weighted by atomic mass is 35.5. The fraction of sp³-hybridized carbons (Fsp3) is 0.600. The fourth-order valence-corrected chi connectivity index (χ4v) is 1.47. The van der Waals surface area contributed by atoms with Crippen LogP contribution in [-0.4, -0.2) is 27.5 Å². The van der Waals surface area contributed by atoms with Crippen molar-refractivity contribution >= 4 is 23.1 Å². The Bertz CT molecular complexity index is 436. The zero-order valence-electron chi connectivity index (χ0n) is 10.3. The smallest absolute Gasteiger partial charge is 0.348 e. The van der Waals surface area contributed by atoms with Crippen LogP contribution in [0.1, 0.15) is 27.2 Å². The number of halogens is 1. The zero-order valence-corrected chi connectivity index (χ0v) is 11.0. The summed E-state index contributed by atoms with van der Waals surface area (Å²) in [7, 11) is 1.76. The summed E-state index contributed by atoms with van der Waals surface area (Å²) in [6, 6.07) is 0. The lowest BCUT2D eigenvalue weighted by Crippen LogP contribution is -2.41. The molecule has 0 N–H and O–H groups in total. The van der Waals surface area contributed by atoms with Gasteiger partial charge in [0.25, 0.3) is 0 Å². The highest BCUT2D eigenvalue weighted by Gasteiger charge is 2.31. The van der Waals surface area contributed by atoms with E-state index in [4.69, 9.17) is 11.6 Å². The summed E-state index contributed by atoms with van der Waals surface area (Å²) in [6.07, 6.45) is 2.05. The molecule has 1 rings (SSSR count). The minimum Gasteiger partial charge on any atom is -0.349 e. The molecule has 0 fully saturated rings. The minimum atomic E-state index is -0.556. The van der Waals surface area contributed by atoms with Crippen LogP contribution in [0.5, 0.6) is 0 Å². The van der Waals surface area contributed by atoms with E-state index in [-0.39, 0.29) is 22.2 Å². The highest BCUT2D eigenvalue weighted by molar-refractivity contribution is 6.31. The molecule has 6 nitrogen and oxygen atoms in total. The lowest BCUT2D eigenvalue weighted by Gasteiger charge is -2.35. The molecular formula is C10H15ClN4O2. The summed E-state index contributed by atoms with van der Waals surface area (Å²) in [4.78, 5) is 19.8. The molecule has 0 saturated heterocycles. The van der Waals surface area contributed by atoms with Crippen molar-refractivity contribution in [3.05, 3.63) is 21.6 Å². The van der Waals surface area contributed by atoms with Gasteiger partial charge in [-0.25, -0.2) is 9.97 Å². The van der Waals surface area contributed by atoms with Crippen LogP contribution in [0.4, 0.5) is 11.5 Å².